The number of methoxy groups -OCH3 is 3. The summed E-state index contributed by atoms with van der Waals surface area (Å²) in [6, 6.07) is 10.2. The molecule has 0 bridgehead atoms. The number of hydrogen-bond acceptors (Lipinski definition) is 5. The van der Waals surface area contributed by atoms with Gasteiger partial charge in [-0.1, -0.05) is 0 Å². The summed E-state index contributed by atoms with van der Waals surface area (Å²) in [5, 5.41) is 5.53. The van der Waals surface area contributed by atoms with Gasteiger partial charge in [-0.25, -0.2) is 0 Å². The molecule has 0 aliphatic carbocycles. The molecule has 0 unspecified atom stereocenters. The van der Waals surface area contributed by atoms with Crippen molar-refractivity contribution in [1.82, 2.24) is 5.32 Å². The highest BCUT2D eigenvalue weighted by Crippen LogP contribution is 2.38. The zero-order valence-electron chi connectivity index (χ0n) is 15.9. The predicted molar refractivity (Wildman–Crippen MR) is 103 cm³/mol. The molecule has 0 radical (unpaired) electrons. The van der Waals surface area contributed by atoms with Crippen molar-refractivity contribution in [3.05, 3.63) is 47.5 Å². The summed E-state index contributed by atoms with van der Waals surface area (Å²) >= 11 is 0. The van der Waals surface area contributed by atoms with Gasteiger partial charge in [0.25, 0.3) is 5.91 Å². The minimum Gasteiger partial charge on any atom is -0.493 e. The molecule has 2 rings (SSSR count). The monoisotopic (exact) mass is 372 g/mol. The summed E-state index contributed by atoms with van der Waals surface area (Å²) in [4.78, 5) is 24.1. The van der Waals surface area contributed by atoms with Crippen LogP contribution in [0.2, 0.25) is 0 Å². The molecule has 144 valence electrons. The average Bonchev–Trinajstić information content (AvgIpc) is 2.67. The number of carbonyl (C=O) groups excluding carboxylic acids is 2. The summed E-state index contributed by atoms with van der Waals surface area (Å²) in [6.07, 6.45) is 0.134. The Labute approximate surface area is 158 Å². The maximum Gasteiger partial charge on any atom is 0.251 e. The van der Waals surface area contributed by atoms with Gasteiger partial charge in [0, 0.05) is 17.8 Å². The normalized spacial score (nSPS) is 10.1. The van der Waals surface area contributed by atoms with E-state index in [-0.39, 0.29) is 18.2 Å². The smallest absolute Gasteiger partial charge is 0.251 e. The van der Waals surface area contributed by atoms with Gasteiger partial charge >= 0.3 is 0 Å². The SMILES string of the molecule is CCNC(=O)c1ccc(NC(=O)Cc2cc(OC)c(OC)c(OC)c2)cc1. The van der Waals surface area contributed by atoms with Crippen molar-refractivity contribution in [3.8, 4) is 17.2 Å². The van der Waals surface area contributed by atoms with E-state index in [1.807, 2.05) is 6.92 Å². The number of amides is 2. The van der Waals surface area contributed by atoms with Crippen LogP contribution in [0.1, 0.15) is 22.8 Å². The third kappa shape index (κ3) is 5.13. The van der Waals surface area contributed by atoms with E-state index in [0.717, 1.165) is 5.56 Å². The molecule has 0 aliphatic rings. The number of ether oxygens (including phenoxy) is 3. The maximum absolute atomic E-state index is 12.4. The van der Waals surface area contributed by atoms with Crippen molar-refractivity contribution < 1.29 is 23.8 Å². The van der Waals surface area contributed by atoms with Crippen molar-refractivity contribution in [3.63, 3.8) is 0 Å². The van der Waals surface area contributed by atoms with E-state index < -0.39 is 0 Å². The largest absolute Gasteiger partial charge is 0.493 e. The van der Waals surface area contributed by atoms with Gasteiger partial charge in [0.05, 0.1) is 27.8 Å². The summed E-state index contributed by atoms with van der Waals surface area (Å²) in [5.74, 6) is 1.12. The molecule has 27 heavy (non-hydrogen) atoms. The first-order valence-corrected chi connectivity index (χ1v) is 8.49. The maximum atomic E-state index is 12.4. The second-order valence-electron chi connectivity index (χ2n) is 5.70. The van der Waals surface area contributed by atoms with E-state index in [1.54, 1.807) is 36.4 Å². The van der Waals surface area contributed by atoms with Gasteiger partial charge in [-0.15, -0.1) is 0 Å². The molecular weight excluding hydrogens is 348 g/mol. The molecule has 0 aliphatic heterocycles. The van der Waals surface area contributed by atoms with Crippen LogP contribution >= 0.6 is 0 Å². The second kappa shape index (κ2) is 9.47. The lowest BCUT2D eigenvalue weighted by atomic mass is 10.1. The lowest BCUT2D eigenvalue weighted by Crippen LogP contribution is -2.22. The number of carbonyl (C=O) groups is 2. The van der Waals surface area contributed by atoms with Crippen LogP contribution in [0.15, 0.2) is 36.4 Å². The third-order valence-electron chi connectivity index (χ3n) is 3.86. The van der Waals surface area contributed by atoms with E-state index in [1.165, 1.54) is 21.3 Å². The van der Waals surface area contributed by atoms with Crippen LogP contribution in [-0.4, -0.2) is 39.7 Å². The lowest BCUT2D eigenvalue weighted by Gasteiger charge is -2.14. The van der Waals surface area contributed by atoms with Gasteiger partial charge in [0.15, 0.2) is 11.5 Å². The zero-order chi connectivity index (χ0) is 19.8. The third-order valence-corrected chi connectivity index (χ3v) is 3.86. The molecule has 7 nitrogen and oxygen atoms in total. The van der Waals surface area contributed by atoms with Crippen LogP contribution in [0.3, 0.4) is 0 Å². The van der Waals surface area contributed by atoms with E-state index in [0.29, 0.717) is 35.0 Å². The molecule has 2 N–H and O–H groups in total. The molecule has 0 heterocycles. The Bertz CT molecular complexity index is 778. The molecule has 0 spiro atoms. The van der Waals surface area contributed by atoms with Crippen LogP contribution in [0.4, 0.5) is 5.69 Å². The van der Waals surface area contributed by atoms with Crippen molar-refractivity contribution >= 4 is 17.5 Å². The molecule has 2 amide bonds. The minimum absolute atomic E-state index is 0.134. The average molecular weight is 372 g/mol. The van der Waals surface area contributed by atoms with Crippen molar-refractivity contribution in [2.75, 3.05) is 33.2 Å². The first kappa shape index (κ1) is 20.1. The summed E-state index contributed by atoms with van der Waals surface area (Å²) in [7, 11) is 4.58. The Morgan fingerprint density at radius 3 is 2.00 bits per heavy atom. The Kier molecular flexibility index (Phi) is 7.05. The number of hydrogen-bond donors (Lipinski definition) is 2. The quantitative estimate of drug-likeness (QED) is 0.744. The topological polar surface area (TPSA) is 85.9 Å². The van der Waals surface area contributed by atoms with Crippen LogP contribution in [-0.2, 0) is 11.2 Å². The van der Waals surface area contributed by atoms with Crippen LogP contribution in [0.25, 0.3) is 0 Å². The Morgan fingerprint density at radius 2 is 1.52 bits per heavy atom. The molecule has 7 heteroatoms. The van der Waals surface area contributed by atoms with Crippen LogP contribution < -0.4 is 24.8 Å². The fourth-order valence-corrected chi connectivity index (χ4v) is 2.60. The van der Waals surface area contributed by atoms with Gasteiger partial charge in [0.2, 0.25) is 11.7 Å². The molecule has 2 aromatic carbocycles. The van der Waals surface area contributed by atoms with E-state index >= 15 is 0 Å². The van der Waals surface area contributed by atoms with Crippen molar-refractivity contribution in [1.29, 1.82) is 0 Å². The number of anilines is 1. The molecule has 2 aromatic rings. The van der Waals surface area contributed by atoms with Crippen molar-refractivity contribution in [2.45, 2.75) is 13.3 Å². The molecular formula is C20H24N2O5. The Morgan fingerprint density at radius 1 is 0.926 bits per heavy atom. The van der Waals surface area contributed by atoms with Gasteiger partial charge in [-0.2, -0.15) is 0 Å². The molecule has 0 fully saturated rings. The molecule has 0 saturated carbocycles. The van der Waals surface area contributed by atoms with Gasteiger partial charge in [-0.05, 0) is 48.9 Å². The highest BCUT2D eigenvalue weighted by Gasteiger charge is 2.15. The van der Waals surface area contributed by atoms with E-state index in [4.69, 9.17) is 14.2 Å². The molecule has 0 saturated heterocycles. The predicted octanol–water partition coefficient (Wildman–Crippen LogP) is 2.64. The Hall–Kier alpha value is -3.22. The standard InChI is InChI=1S/C20H24N2O5/c1-5-21-20(24)14-6-8-15(9-7-14)22-18(23)12-13-10-16(25-2)19(27-4)17(11-13)26-3/h6-11H,5,12H2,1-4H3,(H,21,24)(H,22,23). The highest BCUT2D eigenvalue weighted by atomic mass is 16.5. The summed E-state index contributed by atoms with van der Waals surface area (Å²) in [6.45, 7) is 2.42. The first-order valence-electron chi connectivity index (χ1n) is 8.49. The molecule has 0 atom stereocenters. The Balaban J connectivity index is 2.08. The zero-order valence-corrected chi connectivity index (χ0v) is 15.9. The van der Waals surface area contributed by atoms with Gasteiger partial charge in [0.1, 0.15) is 0 Å². The lowest BCUT2D eigenvalue weighted by molar-refractivity contribution is -0.115. The minimum atomic E-state index is -0.199. The number of benzene rings is 2. The second-order valence-corrected chi connectivity index (χ2v) is 5.70. The van der Waals surface area contributed by atoms with Gasteiger partial charge in [-0.3, -0.25) is 9.59 Å². The fraction of sp³-hybridized carbons (Fsp3) is 0.300. The summed E-state index contributed by atoms with van der Waals surface area (Å²) < 4.78 is 15.9. The number of nitrogens with one attached hydrogen (secondary N) is 2. The van der Waals surface area contributed by atoms with Crippen LogP contribution in [0, 0.1) is 0 Å². The first-order chi connectivity index (χ1) is 13.0. The van der Waals surface area contributed by atoms with Crippen LogP contribution in [0.5, 0.6) is 17.2 Å². The number of rotatable bonds is 8. The van der Waals surface area contributed by atoms with E-state index in [2.05, 4.69) is 10.6 Å². The van der Waals surface area contributed by atoms with Crippen molar-refractivity contribution in [2.24, 2.45) is 0 Å². The highest BCUT2D eigenvalue weighted by molar-refractivity contribution is 5.96. The molecule has 0 aromatic heterocycles. The van der Waals surface area contributed by atoms with Gasteiger partial charge < -0.3 is 24.8 Å². The summed E-state index contributed by atoms with van der Waals surface area (Å²) in [5.41, 5.74) is 1.88. The van der Waals surface area contributed by atoms with E-state index in [9.17, 15) is 9.59 Å². The fourth-order valence-electron chi connectivity index (χ4n) is 2.60.